The van der Waals surface area contributed by atoms with Crippen LogP contribution < -0.4 is 15.2 Å². The van der Waals surface area contributed by atoms with Crippen molar-refractivity contribution >= 4 is 25.3 Å². The van der Waals surface area contributed by atoms with Gasteiger partial charge in [0.2, 0.25) is 7.98 Å². The van der Waals surface area contributed by atoms with E-state index in [4.69, 9.17) is 20.2 Å². The van der Waals surface area contributed by atoms with Gasteiger partial charge in [-0.05, 0) is 79.2 Å². The van der Waals surface area contributed by atoms with E-state index in [9.17, 15) is 0 Å². The normalized spacial score (nSPS) is 14.8. The number of rotatable bonds is 9. The van der Waals surface area contributed by atoms with Crippen LogP contribution in [0.1, 0.15) is 30.2 Å². The second kappa shape index (κ2) is 10.9. The van der Waals surface area contributed by atoms with Crippen molar-refractivity contribution in [2.24, 2.45) is 10.7 Å². The van der Waals surface area contributed by atoms with Crippen LogP contribution in [-0.2, 0) is 6.61 Å². The number of nitrogens with two attached hydrogens (primary N) is 1. The summed E-state index contributed by atoms with van der Waals surface area (Å²) >= 11 is 0. The first-order valence-electron chi connectivity index (χ1n) is 11.4. The molecule has 4 rings (SSSR count). The van der Waals surface area contributed by atoms with Gasteiger partial charge >= 0.3 is 0 Å². The molecule has 0 amide bonds. The van der Waals surface area contributed by atoms with Gasteiger partial charge in [0.05, 0.1) is 18.5 Å². The molecule has 3 aromatic rings. The molecule has 0 unspecified atom stereocenters. The lowest BCUT2D eigenvalue weighted by molar-refractivity contribution is 0.284. The summed E-state index contributed by atoms with van der Waals surface area (Å²) < 4.78 is 13.7. The van der Waals surface area contributed by atoms with Crippen molar-refractivity contribution in [1.82, 2.24) is 4.48 Å². The molecule has 1 aliphatic heterocycles. The number of hydrogen-bond acceptors (Lipinski definition) is 4. The molecule has 2 N–H and O–H groups in total. The number of allylic oxidation sites excluding steroid dienone is 3. The van der Waals surface area contributed by atoms with Gasteiger partial charge in [0.1, 0.15) is 6.61 Å². The molecule has 172 valence electrons. The highest BCUT2D eigenvalue weighted by Crippen LogP contribution is 2.32. The third-order valence-electron chi connectivity index (χ3n) is 5.78. The Morgan fingerprint density at radius 2 is 1.88 bits per heavy atom. The fraction of sp³-hybridized carbons (Fsp3) is 0.179. The zero-order valence-electron chi connectivity index (χ0n) is 20.0. The van der Waals surface area contributed by atoms with Crippen LogP contribution in [-0.4, -0.2) is 31.8 Å². The van der Waals surface area contributed by atoms with Crippen LogP contribution in [0.5, 0.6) is 11.5 Å². The van der Waals surface area contributed by atoms with Gasteiger partial charge in [-0.25, -0.2) is 4.99 Å². The lowest BCUT2D eigenvalue weighted by atomic mass is 10.0. The summed E-state index contributed by atoms with van der Waals surface area (Å²) in [6.45, 7) is 3.16. The van der Waals surface area contributed by atoms with E-state index in [1.165, 1.54) is 5.57 Å². The van der Waals surface area contributed by atoms with Crippen molar-refractivity contribution in [2.45, 2.75) is 20.0 Å². The molecule has 0 fully saturated rings. The summed E-state index contributed by atoms with van der Waals surface area (Å²) in [5, 5.41) is 0. The maximum atomic E-state index is 6.05. The van der Waals surface area contributed by atoms with Crippen LogP contribution in [0, 0.1) is 0 Å². The Morgan fingerprint density at radius 1 is 1.06 bits per heavy atom. The van der Waals surface area contributed by atoms with E-state index in [1.807, 2.05) is 80.9 Å². The summed E-state index contributed by atoms with van der Waals surface area (Å²) in [7, 11) is 3.70. The minimum atomic E-state index is 0.482. The molecule has 0 saturated carbocycles. The largest absolute Gasteiger partial charge is 0.493 e. The van der Waals surface area contributed by atoms with Gasteiger partial charge in [-0.15, -0.1) is 0 Å². The van der Waals surface area contributed by atoms with E-state index in [1.54, 1.807) is 7.11 Å². The SMILES string of the molecule is Bn1cccc1/C(CCN)=C1N=C(/C=C/c2ccc(OC)c(OCc3ccccc3)c2)C=C\1C. The smallest absolute Gasteiger partial charge is 0.223 e. The average Bonchev–Trinajstić information content (AvgIpc) is 3.45. The minimum Gasteiger partial charge on any atom is -0.493 e. The number of nitrogens with zero attached hydrogens (tertiary/aromatic N) is 2. The number of aromatic nitrogens is 1. The summed E-state index contributed by atoms with van der Waals surface area (Å²) in [5.74, 6) is 1.42. The number of aliphatic imine (C=N–C) groups is 1. The second-order valence-electron chi connectivity index (χ2n) is 8.25. The third-order valence-corrected chi connectivity index (χ3v) is 5.78. The zero-order valence-corrected chi connectivity index (χ0v) is 20.0. The van der Waals surface area contributed by atoms with Crippen molar-refractivity contribution < 1.29 is 9.47 Å². The Morgan fingerprint density at radius 3 is 2.59 bits per heavy atom. The number of ether oxygens (including phenoxy) is 2. The first-order chi connectivity index (χ1) is 16.6. The monoisotopic (exact) mass is 451 g/mol. The number of benzene rings is 2. The van der Waals surface area contributed by atoms with Crippen molar-refractivity contribution in [3.05, 3.63) is 107 Å². The Balaban J connectivity index is 1.57. The van der Waals surface area contributed by atoms with E-state index >= 15 is 0 Å². The summed E-state index contributed by atoms with van der Waals surface area (Å²) in [6, 6.07) is 20.2. The molecular formula is C28H30BN3O2. The van der Waals surface area contributed by atoms with Crippen LogP contribution in [0.15, 0.2) is 95.3 Å². The molecule has 0 aliphatic carbocycles. The average molecular weight is 451 g/mol. The lowest BCUT2D eigenvalue weighted by Gasteiger charge is -2.12. The van der Waals surface area contributed by atoms with Crippen LogP contribution in [0.25, 0.3) is 11.6 Å². The van der Waals surface area contributed by atoms with Gasteiger partial charge < -0.3 is 19.7 Å². The predicted octanol–water partition coefficient (Wildman–Crippen LogP) is 4.65. The van der Waals surface area contributed by atoms with Crippen molar-refractivity contribution in [2.75, 3.05) is 13.7 Å². The molecule has 6 heteroatoms. The maximum absolute atomic E-state index is 6.05. The zero-order chi connectivity index (χ0) is 23.9. The van der Waals surface area contributed by atoms with Gasteiger partial charge in [-0.1, -0.05) is 42.5 Å². The van der Waals surface area contributed by atoms with E-state index in [-0.39, 0.29) is 0 Å². The molecule has 34 heavy (non-hydrogen) atoms. The highest BCUT2D eigenvalue weighted by Gasteiger charge is 2.17. The standard InChI is InChI=1S/C28H30BN3O2/c1-20-17-23(31-28(20)24(14-15-30)25-9-6-16-32(25)29)12-10-21-11-13-26(33-2)27(18-21)34-19-22-7-4-3-5-8-22/h3-13,16-18H,14-15,19,29-30H2,1-2H3/b12-10+,28-24-. The number of methoxy groups -OCH3 is 1. The van der Waals surface area contributed by atoms with Gasteiger partial charge in [0.25, 0.3) is 0 Å². The maximum Gasteiger partial charge on any atom is 0.223 e. The molecule has 1 aromatic heterocycles. The molecule has 0 spiro atoms. The minimum absolute atomic E-state index is 0.482. The Bertz CT molecular complexity index is 1270. The molecule has 0 saturated heterocycles. The molecule has 5 nitrogen and oxygen atoms in total. The van der Waals surface area contributed by atoms with Gasteiger partial charge in [-0.3, -0.25) is 0 Å². The Labute approximate surface area is 202 Å². The fourth-order valence-electron chi connectivity index (χ4n) is 4.04. The first kappa shape index (κ1) is 23.4. The van der Waals surface area contributed by atoms with Crippen LogP contribution in [0.4, 0.5) is 0 Å². The van der Waals surface area contributed by atoms with Crippen molar-refractivity contribution in [3.63, 3.8) is 0 Å². The molecule has 0 bridgehead atoms. The molecule has 0 atom stereocenters. The van der Waals surface area contributed by atoms with Gasteiger partial charge in [-0.2, -0.15) is 0 Å². The first-order valence-corrected chi connectivity index (χ1v) is 11.4. The predicted molar refractivity (Wildman–Crippen MR) is 143 cm³/mol. The number of hydrogen-bond donors (Lipinski definition) is 1. The van der Waals surface area contributed by atoms with Gasteiger partial charge in [0.15, 0.2) is 11.5 Å². The summed E-state index contributed by atoms with van der Waals surface area (Å²) in [4.78, 5) is 4.92. The summed E-state index contributed by atoms with van der Waals surface area (Å²) in [6.07, 6.45) is 9.02. The highest BCUT2D eigenvalue weighted by molar-refractivity contribution is 6.11. The third kappa shape index (κ3) is 5.41. The van der Waals surface area contributed by atoms with Crippen LogP contribution >= 0.6 is 0 Å². The quantitative estimate of drug-likeness (QED) is 0.482. The van der Waals surface area contributed by atoms with E-state index in [0.29, 0.717) is 24.7 Å². The van der Waals surface area contributed by atoms with Crippen LogP contribution in [0.2, 0.25) is 0 Å². The van der Waals surface area contributed by atoms with Crippen molar-refractivity contribution in [3.8, 4) is 11.5 Å². The van der Waals surface area contributed by atoms with Crippen molar-refractivity contribution in [1.29, 1.82) is 0 Å². The van der Waals surface area contributed by atoms with Crippen LogP contribution in [0.3, 0.4) is 0 Å². The van der Waals surface area contributed by atoms with E-state index in [2.05, 4.69) is 23.5 Å². The molecular weight excluding hydrogens is 421 g/mol. The van der Waals surface area contributed by atoms with E-state index < -0.39 is 0 Å². The molecule has 2 heterocycles. The Kier molecular flexibility index (Phi) is 7.50. The van der Waals surface area contributed by atoms with E-state index in [0.717, 1.165) is 40.2 Å². The Hall–Kier alpha value is -3.77. The topological polar surface area (TPSA) is 61.8 Å². The van der Waals surface area contributed by atoms with Gasteiger partial charge in [0, 0.05) is 11.3 Å². The highest BCUT2D eigenvalue weighted by atomic mass is 16.5. The fourth-order valence-corrected chi connectivity index (χ4v) is 4.04. The summed E-state index contributed by atoms with van der Waals surface area (Å²) in [5.41, 5.74) is 13.4. The molecule has 1 aliphatic rings. The molecule has 2 aromatic carbocycles. The lowest BCUT2D eigenvalue weighted by Crippen LogP contribution is -2.05. The molecule has 0 radical (unpaired) electrons. The second-order valence-corrected chi connectivity index (χ2v) is 8.25.